The minimum Gasteiger partial charge on any atom is -0.478 e. The van der Waals surface area contributed by atoms with Gasteiger partial charge in [-0.3, -0.25) is 0 Å². The fourth-order valence-corrected chi connectivity index (χ4v) is 5.89. The number of aromatic nitrogens is 1. The molecule has 3 nitrogen and oxygen atoms in total. The monoisotopic (exact) mass is 401 g/mol. The molecule has 30 heavy (non-hydrogen) atoms. The Morgan fingerprint density at radius 3 is 2.17 bits per heavy atom. The summed E-state index contributed by atoms with van der Waals surface area (Å²) in [6, 6.07) is 17.1. The van der Waals surface area contributed by atoms with E-state index in [1.54, 1.807) is 6.07 Å². The average molecular weight is 402 g/mol. The van der Waals surface area contributed by atoms with Crippen LogP contribution in [0.2, 0.25) is 0 Å². The van der Waals surface area contributed by atoms with Crippen LogP contribution in [0.1, 0.15) is 92.1 Å². The smallest absolute Gasteiger partial charge is 0.335 e. The number of aromatic carboxylic acids is 1. The zero-order valence-electron chi connectivity index (χ0n) is 17.6. The number of carboxylic acid groups (broad SMARTS) is 1. The van der Waals surface area contributed by atoms with Crippen LogP contribution in [-0.2, 0) is 0 Å². The summed E-state index contributed by atoms with van der Waals surface area (Å²) < 4.78 is 2.60. The van der Waals surface area contributed by atoms with Crippen molar-refractivity contribution in [3.05, 3.63) is 59.7 Å². The number of hydrogen-bond acceptors (Lipinski definition) is 1. The Labute approximate surface area is 178 Å². The number of fused-ring (bicyclic) bond motifs is 1. The Morgan fingerprint density at radius 1 is 0.833 bits per heavy atom. The van der Waals surface area contributed by atoms with E-state index < -0.39 is 5.97 Å². The van der Waals surface area contributed by atoms with Crippen molar-refractivity contribution in [3.8, 4) is 11.3 Å². The largest absolute Gasteiger partial charge is 0.478 e. The maximum Gasteiger partial charge on any atom is 0.335 e. The lowest BCUT2D eigenvalue weighted by Crippen LogP contribution is -2.14. The first-order valence-corrected chi connectivity index (χ1v) is 11.7. The van der Waals surface area contributed by atoms with Crippen molar-refractivity contribution in [1.82, 2.24) is 4.57 Å². The second kappa shape index (κ2) is 8.29. The molecule has 2 aliphatic carbocycles. The molecule has 1 N–H and O–H groups in total. The summed E-state index contributed by atoms with van der Waals surface area (Å²) in [6.45, 7) is 0. The molecule has 0 atom stereocenters. The van der Waals surface area contributed by atoms with Crippen molar-refractivity contribution in [3.63, 3.8) is 0 Å². The molecule has 1 aromatic heterocycles. The van der Waals surface area contributed by atoms with Gasteiger partial charge in [0.1, 0.15) is 0 Å². The van der Waals surface area contributed by atoms with Crippen molar-refractivity contribution in [1.29, 1.82) is 0 Å². The van der Waals surface area contributed by atoms with E-state index in [2.05, 4.69) is 41.0 Å². The van der Waals surface area contributed by atoms with Crippen LogP contribution >= 0.6 is 0 Å². The summed E-state index contributed by atoms with van der Waals surface area (Å²) in [5, 5.41) is 10.9. The molecule has 0 unspecified atom stereocenters. The second-order valence-corrected chi connectivity index (χ2v) is 9.16. The quantitative estimate of drug-likeness (QED) is 0.490. The van der Waals surface area contributed by atoms with Crippen molar-refractivity contribution in [2.24, 2.45) is 0 Å². The molecule has 0 spiro atoms. The highest BCUT2D eigenvalue weighted by Gasteiger charge is 2.30. The molecular weight excluding hydrogens is 370 g/mol. The summed E-state index contributed by atoms with van der Waals surface area (Å²) >= 11 is 0. The van der Waals surface area contributed by atoms with E-state index in [-0.39, 0.29) is 0 Å². The first kappa shape index (κ1) is 19.4. The highest BCUT2D eigenvalue weighted by Crippen LogP contribution is 2.47. The van der Waals surface area contributed by atoms with Crippen molar-refractivity contribution in [2.75, 3.05) is 0 Å². The molecule has 3 heteroatoms. The van der Waals surface area contributed by atoms with E-state index in [1.165, 1.54) is 91.9 Å². The lowest BCUT2D eigenvalue weighted by atomic mass is 9.81. The summed E-state index contributed by atoms with van der Waals surface area (Å²) in [7, 11) is 0. The Hall–Kier alpha value is -2.55. The van der Waals surface area contributed by atoms with Gasteiger partial charge in [-0.2, -0.15) is 0 Å². The standard InChI is InChI=1S/C27H31NO2/c29-27(30)21-16-17-24-23(18-21)25(19-10-4-1-5-11-19)26(20-12-6-2-7-13-20)28(24)22-14-8-3-9-15-22/h2,6-7,12-13,16-19,22H,1,3-5,8-11,14-15H2,(H,29,30). The van der Waals surface area contributed by atoms with Crippen molar-refractivity contribution < 1.29 is 9.90 Å². The number of benzene rings is 2. The van der Waals surface area contributed by atoms with E-state index in [4.69, 9.17) is 0 Å². The number of rotatable bonds is 4. The summed E-state index contributed by atoms with van der Waals surface area (Å²) in [5.74, 6) is -0.316. The topological polar surface area (TPSA) is 42.2 Å². The van der Waals surface area contributed by atoms with Gasteiger partial charge in [0.05, 0.1) is 11.3 Å². The Balaban J connectivity index is 1.82. The van der Waals surface area contributed by atoms with Gasteiger partial charge in [-0.25, -0.2) is 4.79 Å². The fourth-order valence-electron chi connectivity index (χ4n) is 5.89. The van der Waals surface area contributed by atoms with Gasteiger partial charge >= 0.3 is 5.97 Å². The minimum absolute atomic E-state index is 0.403. The van der Waals surface area contributed by atoms with Crippen LogP contribution < -0.4 is 0 Å². The molecule has 0 saturated heterocycles. The summed E-state index contributed by atoms with van der Waals surface area (Å²) in [6.07, 6.45) is 12.6. The molecule has 2 aromatic carbocycles. The predicted octanol–water partition coefficient (Wildman–Crippen LogP) is 7.56. The van der Waals surface area contributed by atoms with Gasteiger partial charge in [0.25, 0.3) is 0 Å². The molecule has 3 aromatic rings. The van der Waals surface area contributed by atoms with Crippen LogP contribution in [0.4, 0.5) is 0 Å². The van der Waals surface area contributed by atoms with Crippen LogP contribution in [-0.4, -0.2) is 15.6 Å². The number of nitrogens with zero attached hydrogens (tertiary/aromatic N) is 1. The molecule has 0 radical (unpaired) electrons. The van der Waals surface area contributed by atoms with E-state index >= 15 is 0 Å². The maximum absolute atomic E-state index is 11.8. The van der Waals surface area contributed by atoms with E-state index in [9.17, 15) is 9.90 Å². The lowest BCUT2D eigenvalue weighted by molar-refractivity contribution is 0.0697. The van der Waals surface area contributed by atoms with Crippen molar-refractivity contribution >= 4 is 16.9 Å². The third-order valence-electron chi connectivity index (χ3n) is 7.29. The van der Waals surface area contributed by atoms with Gasteiger partial charge in [0.2, 0.25) is 0 Å². The zero-order chi connectivity index (χ0) is 20.5. The normalized spacial score (nSPS) is 18.7. The minimum atomic E-state index is -0.835. The van der Waals surface area contributed by atoms with Crippen LogP contribution in [0, 0.1) is 0 Å². The average Bonchev–Trinajstić information content (AvgIpc) is 3.15. The summed E-state index contributed by atoms with van der Waals surface area (Å²) in [5.41, 5.74) is 5.67. The van der Waals surface area contributed by atoms with E-state index in [0.29, 0.717) is 17.5 Å². The van der Waals surface area contributed by atoms with Crippen LogP contribution in [0.3, 0.4) is 0 Å². The highest BCUT2D eigenvalue weighted by molar-refractivity contribution is 5.98. The molecular formula is C27H31NO2. The van der Waals surface area contributed by atoms with E-state index in [0.717, 1.165) is 0 Å². The molecule has 5 rings (SSSR count). The highest BCUT2D eigenvalue weighted by atomic mass is 16.4. The van der Waals surface area contributed by atoms with Gasteiger partial charge in [0, 0.05) is 16.9 Å². The number of hydrogen-bond donors (Lipinski definition) is 1. The Morgan fingerprint density at radius 2 is 1.50 bits per heavy atom. The molecule has 156 valence electrons. The van der Waals surface area contributed by atoms with Crippen LogP contribution in [0.15, 0.2) is 48.5 Å². The number of carboxylic acids is 1. The molecule has 0 amide bonds. The second-order valence-electron chi connectivity index (χ2n) is 9.16. The molecule has 2 aliphatic rings. The fraction of sp³-hybridized carbons (Fsp3) is 0.444. The van der Waals surface area contributed by atoms with Crippen LogP contribution in [0.25, 0.3) is 22.2 Å². The first-order chi connectivity index (χ1) is 14.7. The molecule has 0 bridgehead atoms. The molecule has 2 fully saturated rings. The zero-order valence-corrected chi connectivity index (χ0v) is 17.6. The Kier molecular flexibility index (Phi) is 5.37. The van der Waals surface area contributed by atoms with Gasteiger partial charge in [-0.1, -0.05) is 68.9 Å². The molecule has 0 aliphatic heterocycles. The number of carbonyl (C=O) groups is 1. The molecule has 2 saturated carbocycles. The first-order valence-electron chi connectivity index (χ1n) is 11.7. The van der Waals surface area contributed by atoms with Crippen LogP contribution in [0.5, 0.6) is 0 Å². The third-order valence-corrected chi connectivity index (χ3v) is 7.29. The Bertz CT molecular complexity index is 1040. The summed E-state index contributed by atoms with van der Waals surface area (Å²) in [4.78, 5) is 11.8. The maximum atomic E-state index is 11.8. The van der Waals surface area contributed by atoms with E-state index in [1.807, 2.05) is 6.07 Å². The van der Waals surface area contributed by atoms with Gasteiger partial charge < -0.3 is 9.67 Å². The van der Waals surface area contributed by atoms with Gasteiger partial charge in [-0.05, 0) is 60.9 Å². The molecule has 1 heterocycles. The SMILES string of the molecule is O=C(O)c1ccc2c(c1)c(C1CCCCC1)c(-c1ccccc1)n2C1CCCCC1. The lowest BCUT2D eigenvalue weighted by Gasteiger charge is -2.28. The third kappa shape index (κ3) is 3.45. The van der Waals surface area contributed by atoms with Gasteiger partial charge in [-0.15, -0.1) is 0 Å². The predicted molar refractivity (Wildman–Crippen MR) is 122 cm³/mol. The van der Waals surface area contributed by atoms with Crippen molar-refractivity contribution in [2.45, 2.75) is 76.2 Å². The van der Waals surface area contributed by atoms with Gasteiger partial charge in [0.15, 0.2) is 0 Å².